The first-order valence-electron chi connectivity index (χ1n) is 8.61. The van der Waals surface area contributed by atoms with Gasteiger partial charge in [0, 0.05) is 50.7 Å². The molecule has 0 saturated carbocycles. The van der Waals surface area contributed by atoms with Crippen LogP contribution in [0.3, 0.4) is 0 Å². The van der Waals surface area contributed by atoms with Gasteiger partial charge in [-0.3, -0.25) is 14.4 Å². The fourth-order valence-corrected chi connectivity index (χ4v) is 3.17. The minimum Gasteiger partial charge on any atom is -0.352 e. The van der Waals surface area contributed by atoms with Gasteiger partial charge in [0.25, 0.3) is 11.5 Å². The second-order valence-corrected chi connectivity index (χ2v) is 6.61. The van der Waals surface area contributed by atoms with Gasteiger partial charge in [0.05, 0.1) is 6.42 Å². The Hall–Kier alpha value is -2.90. The average molecular weight is 357 g/mol. The van der Waals surface area contributed by atoms with Gasteiger partial charge in [-0.25, -0.2) is 5.10 Å². The van der Waals surface area contributed by atoms with Gasteiger partial charge in [0.1, 0.15) is 5.69 Å². The fourth-order valence-electron chi connectivity index (χ4n) is 3.17. The third-order valence-electron chi connectivity index (χ3n) is 5.04. The van der Waals surface area contributed by atoms with Crippen molar-refractivity contribution in [2.75, 3.05) is 26.2 Å². The lowest BCUT2D eigenvalue weighted by atomic mass is 10.1. The standard InChI is InChI=1S/C18H23N5O3/c1-12-10-14(13(2)21(12)3)11-17(25)22-6-8-23(9-7-22)18(26)15-4-5-16(24)20-19-15/h4-5,10H,6-9,11H2,1-3H3,(H,20,24). The third kappa shape index (κ3) is 3.54. The number of hydrogen-bond acceptors (Lipinski definition) is 4. The molecule has 0 radical (unpaired) electrons. The van der Waals surface area contributed by atoms with Crippen LogP contribution >= 0.6 is 0 Å². The summed E-state index contributed by atoms with van der Waals surface area (Å²) in [6.45, 7) is 5.95. The molecule has 3 rings (SSSR count). The molecule has 0 atom stereocenters. The van der Waals surface area contributed by atoms with E-state index in [2.05, 4.69) is 20.8 Å². The van der Waals surface area contributed by atoms with Gasteiger partial charge in [-0.05, 0) is 31.5 Å². The number of nitrogens with one attached hydrogen (secondary N) is 1. The van der Waals surface area contributed by atoms with Crippen LogP contribution in [0.4, 0.5) is 0 Å². The minimum atomic E-state index is -0.344. The molecule has 8 nitrogen and oxygen atoms in total. The molecule has 26 heavy (non-hydrogen) atoms. The number of amides is 2. The molecule has 1 fully saturated rings. The van der Waals surface area contributed by atoms with Crippen molar-refractivity contribution in [1.29, 1.82) is 0 Å². The molecule has 138 valence electrons. The first-order valence-corrected chi connectivity index (χ1v) is 8.61. The van der Waals surface area contributed by atoms with Crippen molar-refractivity contribution < 1.29 is 9.59 Å². The second-order valence-electron chi connectivity index (χ2n) is 6.61. The molecule has 0 spiro atoms. The third-order valence-corrected chi connectivity index (χ3v) is 5.04. The largest absolute Gasteiger partial charge is 0.352 e. The number of piperazine rings is 1. The van der Waals surface area contributed by atoms with Gasteiger partial charge in [-0.1, -0.05) is 0 Å². The van der Waals surface area contributed by atoms with E-state index >= 15 is 0 Å². The molecule has 3 heterocycles. The van der Waals surface area contributed by atoms with Crippen molar-refractivity contribution in [2.45, 2.75) is 20.3 Å². The number of nitrogens with zero attached hydrogens (tertiary/aromatic N) is 4. The maximum atomic E-state index is 12.6. The Bertz CT molecular complexity index is 870. The summed E-state index contributed by atoms with van der Waals surface area (Å²) in [5.74, 6) is -0.157. The number of carbonyl (C=O) groups is 2. The molecule has 0 aromatic carbocycles. The van der Waals surface area contributed by atoms with Gasteiger partial charge < -0.3 is 14.4 Å². The van der Waals surface area contributed by atoms with E-state index in [4.69, 9.17) is 0 Å². The van der Waals surface area contributed by atoms with E-state index in [0.29, 0.717) is 32.6 Å². The predicted octanol–water partition coefficient (Wildman–Crippen LogP) is 0.252. The van der Waals surface area contributed by atoms with E-state index in [1.807, 2.05) is 20.9 Å². The van der Waals surface area contributed by atoms with Gasteiger partial charge in [-0.2, -0.15) is 5.10 Å². The Balaban J connectivity index is 1.58. The monoisotopic (exact) mass is 357 g/mol. The Labute approximate surface area is 151 Å². The van der Waals surface area contributed by atoms with Crippen molar-refractivity contribution in [2.24, 2.45) is 7.05 Å². The predicted molar refractivity (Wildman–Crippen MR) is 95.9 cm³/mol. The molecule has 0 aliphatic carbocycles. The highest BCUT2D eigenvalue weighted by atomic mass is 16.2. The lowest BCUT2D eigenvalue weighted by Gasteiger charge is -2.34. The Kier molecular flexibility index (Phi) is 4.92. The van der Waals surface area contributed by atoms with Crippen LogP contribution in [-0.2, 0) is 18.3 Å². The van der Waals surface area contributed by atoms with Gasteiger partial charge in [-0.15, -0.1) is 0 Å². The topological polar surface area (TPSA) is 91.3 Å². The maximum absolute atomic E-state index is 12.6. The summed E-state index contributed by atoms with van der Waals surface area (Å²) >= 11 is 0. The first kappa shape index (κ1) is 17.9. The maximum Gasteiger partial charge on any atom is 0.274 e. The van der Waals surface area contributed by atoms with Crippen molar-refractivity contribution in [3.63, 3.8) is 0 Å². The average Bonchev–Trinajstić information content (AvgIpc) is 2.88. The molecule has 0 bridgehead atoms. The van der Waals surface area contributed by atoms with Crippen molar-refractivity contribution in [3.8, 4) is 0 Å². The highest BCUT2D eigenvalue weighted by molar-refractivity contribution is 5.92. The molecule has 0 unspecified atom stereocenters. The summed E-state index contributed by atoms with van der Waals surface area (Å²) in [4.78, 5) is 39.5. The molecule has 2 aromatic rings. The van der Waals surface area contributed by atoms with Crippen LogP contribution in [0.25, 0.3) is 0 Å². The van der Waals surface area contributed by atoms with Crippen LogP contribution in [0, 0.1) is 13.8 Å². The number of carbonyl (C=O) groups excluding carboxylic acids is 2. The van der Waals surface area contributed by atoms with E-state index in [0.717, 1.165) is 17.0 Å². The van der Waals surface area contributed by atoms with Crippen molar-refractivity contribution >= 4 is 11.8 Å². The van der Waals surface area contributed by atoms with Crippen LogP contribution in [0.1, 0.15) is 27.4 Å². The number of H-pyrrole nitrogens is 1. The van der Waals surface area contributed by atoms with Crippen LogP contribution in [0.15, 0.2) is 23.0 Å². The van der Waals surface area contributed by atoms with Crippen LogP contribution in [0.2, 0.25) is 0 Å². The molecular weight excluding hydrogens is 334 g/mol. The zero-order chi connectivity index (χ0) is 18.8. The summed E-state index contributed by atoms with van der Waals surface area (Å²) in [5.41, 5.74) is 3.15. The minimum absolute atomic E-state index is 0.0768. The molecule has 1 aliphatic heterocycles. The van der Waals surface area contributed by atoms with Gasteiger partial charge in [0.2, 0.25) is 5.91 Å². The highest BCUT2D eigenvalue weighted by Crippen LogP contribution is 2.15. The van der Waals surface area contributed by atoms with Crippen LogP contribution in [0.5, 0.6) is 0 Å². The smallest absolute Gasteiger partial charge is 0.274 e. The number of aromatic nitrogens is 3. The van der Waals surface area contributed by atoms with Gasteiger partial charge >= 0.3 is 0 Å². The van der Waals surface area contributed by atoms with E-state index in [1.165, 1.54) is 12.1 Å². The molecule has 2 amide bonds. The van der Waals surface area contributed by atoms with E-state index in [1.54, 1.807) is 9.80 Å². The molecule has 8 heteroatoms. The SMILES string of the molecule is Cc1cc(CC(=O)N2CCN(C(=O)c3ccc(=O)[nH]n3)CC2)c(C)n1C. The summed E-state index contributed by atoms with van der Waals surface area (Å²) in [6, 6.07) is 4.75. The Morgan fingerprint density at radius 1 is 1.12 bits per heavy atom. The Morgan fingerprint density at radius 2 is 1.77 bits per heavy atom. The van der Waals surface area contributed by atoms with Crippen molar-refractivity contribution in [1.82, 2.24) is 24.6 Å². The summed E-state index contributed by atoms with van der Waals surface area (Å²) in [7, 11) is 1.99. The summed E-state index contributed by atoms with van der Waals surface area (Å²) in [5, 5.41) is 6.04. The second kappa shape index (κ2) is 7.15. The zero-order valence-electron chi connectivity index (χ0n) is 15.3. The number of aryl methyl sites for hydroxylation is 1. The van der Waals surface area contributed by atoms with Crippen LogP contribution < -0.4 is 5.56 Å². The van der Waals surface area contributed by atoms with Crippen LogP contribution in [-0.4, -0.2) is 62.6 Å². The zero-order valence-corrected chi connectivity index (χ0v) is 15.3. The molecule has 1 saturated heterocycles. The number of rotatable bonds is 3. The number of hydrogen-bond donors (Lipinski definition) is 1. The first-order chi connectivity index (χ1) is 12.4. The highest BCUT2D eigenvalue weighted by Gasteiger charge is 2.26. The quantitative estimate of drug-likeness (QED) is 0.853. The molecule has 1 aliphatic rings. The number of aromatic amines is 1. The fraction of sp³-hybridized carbons (Fsp3) is 0.444. The normalized spacial score (nSPS) is 14.6. The lowest BCUT2D eigenvalue weighted by Crippen LogP contribution is -2.51. The molecule has 1 N–H and O–H groups in total. The van der Waals surface area contributed by atoms with Crippen molar-refractivity contribution in [3.05, 3.63) is 51.2 Å². The van der Waals surface area contributed by atoms with E-state index in [9.17, 15) is 14.4 Å². The summed E-state index contributed by atoms with van der Waals surface area (Å²) < 4.78 is 2.08. The molecular formula is C18H23N5O3. The molecule has 2 aromatic heterocycles. The van der Waals surface area contributed by atoms with Gasteiger partial charge in [0.15, 0.2) is 0 Å². The summed E-state index contributed by atoms with van der Waals surface area (Å²) in [6.07, 6.45) is 0.378. The Morgan fingerprint density at radius 3 is 2.31 bits per heavy atom. The van der Waals surface area contributed by atoms with E-state index < -0.39 is 0 Å². The van der Waals surface area contributed by atoms with E-state index in [-0.39, 0.29) is 23.1 Å². The lowest BCUT2D eigenvalue weighted by molar-refractivity contribution is -0.131.